The molecule has 0 bridgehead atoms. The lowest BCUT2D eigenvalue weighted by Crippen LogP contribution is -2.38. The van der Waals surface area contributed by atoms with Crippen molar-refractivity contribution in [2.24, 2.45) is 11.8 Å². The average Bonchev–Trinajstić information content (AvgIpc) is 2.61. The highest BCUT2D eigenvalue weighted by Gasteiger charge is 2.26. The van der Waals surface area contributed by atoms with Crippen LogP contribution in [0.2, 0.25) is 0 Å². The van der Waals surface area contributed by atoms with Crippen molar-refractivity contribution in [1.29, 1.82) is 0 Å². The third-order valence-corrected chi connectivity index (χ3v) is 4.22. The lowest BCUT2D eigenvalue weighted by molar-refractivity contribution is 0.127. The van der Waals surface area contributed by atoms with E-state index in [-0.39, 0.29) is 6.10 Å². The first-order valence-electron chi connectivity index (χ1n) is 6.67. The molecule has 0 aliphatic heterocycles. The minimum Gasteiger partial charge on any atom is -0.393 e. The van der Waals surface area contributed by atoms with E-state index in [0.717, 1.165) is 24.9 Å². The molecule has 2 heteroatoms. The van der Waals surface area contributed by atoms with Crippen molar-refractivity contribution >= 4 is 0 Å². The number of nitrogens with one attached hydrogen (secondary N) is 1. The second-order valence-electron chi connectivity index (χ2n) is 5.64. The van der Waals surface area contributed by atoms with E-state index in [1.165, 1.54) is 38.5 Å². The van der Waals surface area contributed by atoms with E-state index >= 15 is 0 Å². The molecule has 0 spiro atoms. The Hall–Kier alpha value is -0.0800. The van der Waals surface area contributed by atoms with Crippen LogP contribution in [0.4, 0.5) is 0 Å². The van der Waals surface area contributed by atoms with E-state index in [0.29, 0.717) is 5.92 Å². The van der Waals surface area contributed by atoms with Crippen LogP contribution < -0.4 is 5.32 Å². The molecule has 0 amide bonds. The van der Waals surface area contributed by atoms with Crippen LogP contribution in [-0.4, -0.2) is 23.8 Å². The Labute approximate surface area is 93.5 Å². The molecule has 2 N–H and O–H groups in total. The van der Waals surface area contributed by atoms with Gasteiger partial charge in [0.25, 0.3) is 0 Å². The summed E-state index contributed by atoms with van der Waals surface area (Å²) in [4.78, 5) is 0. The predicted octanol–water partition coefficient (Wildman–Crippen LogP) is 2.32. The summed E-state index contributed by atoms with van der Waals surface area (Å²) in [6, 6.07) is 0.724. The zero-order chi connectivity index (χ0) is 10.7. The highest BCUT2D eigenvalue weighted by Crippen LogP contribution is 2.27. The van der Waals surface area contributed by atoms with E-state index in [1.807, 2.05) is 0 Å². The molecule has 4 atom stereocenters. The van der Waals surface area contributed by atoms with Crippen LogP contribution in [0.5, 0.6) is 0 Å². The van der Waals surface area contributed by atoms with Crippen LogP contribution in [0.15, 0.2) is 0 Å². The number of aliphatic hydroxyl groups excluding tert-OH is 1. The van der Waals surface area contributed by atoms with Crippen molar-refractivity contribution < 1.29 is 5.11 Å². The van der Waals surface area contributed by atoms with Crippen LogP contribution in [0.25, 0.3) is 0 Å². The van der Waals surface area contributed by atoms with E-state index in [1.54, 1.807) is 0 Å². The van der Waals surface area contributed by atoms with Crippen molar-refractivity contribution in [3.05, 3.63) is 0 Å². The van der Waals surface area contributed by atoms with Crippen molar-refractivity contribution in [3.63, 3.8) is 0 Å². The Balaban J connectivity index is 1.68. The Bertz CT molecular complexity index is 195. The summed E-state index contributed by atoms with van der Waals surface area (Å²) in [6.45, 7) is 3.40. The molecule has 15 heavy (non-hydrogen) atoms. The average molecular weight is 211 g/mol. The summed E-state index contributed by atoms with van der Waals surface area (Å²) in [5.41, 5.74) is 0. The summed E-state index contributed by atoms with van der Waals surface area (Å²) in [5, 5.41) is 13.4. The van der Waals surface area contributed by atoms with E-state index in [9.17, 15) is 5.11 Å². The number of aliphatic hydroxyl groups is 1. The molecule has 0 radical (unpaired) electrons. The summed E-state index contributed by atoms with van der Waals surface area (Å²) < 4.78 is 0. The topological polar surface area (TPSA) is 32.3 Å². The SMILES string of the molecule is CC1CCCC(NCC2CCCC2O)C1. The minimum absolute atomic E-state index is 0.0292. The van der Waals surface area contributed by atoms with Gasteiger partial charge in [-0.15, -0.1) is 0 Å². The van der Waals surface area contributed by atoms with E-state index in [2.05, 4.69) is 12.2 Å². The van der Waals surface area contributed by atoms with Crippen molar-refractivity contribution in [3.8, 4) is 0 Å². The summed E-state index contributed by atoms with van der Waals surface area (Å²) in [7, 11) is 0. The van der Waals surface area contributed by atoms with Crippen LogP contribution >= 0.6 is 0 Å². The third-order valence-electron chi connectivity index (χ3n) is 4.22. The maximum Gasteiger partial charge on any atom is 0.0580 e. The molecule has 0 aromatic rings. The lowest BCUT2D eigenvalue weighted by atomic mass is 9.87. The van der Waals surface area contributed by atoms with Gasteiger partial charge in [0.1, 0.15) is 0 Å². The van der Waals surface area contributed by atoms with Gasteiger partial charge < -0.3 is 10.4 Å². The zero-order valence-electron chi connectivity index (χ0n) is 9.91. The van der Waals surface area contributed by atoms with Gasteiger partial charge in [0, 0.05) is 12.6 Å². The van der Waals surface area contributed by atoms with Gasteiger partial charge in [-0.2, -0.15) is 0 Å². The van der Waals surface area contributed by atoms with Gasteiger partial charge in [0.05, 0.1) is 6.10 Å². The maximum atomic E-state index is 9.73. The van der Waals surface area contributed by atoms with Crippen LogP contribution in [-0.2, 0) is 0 Å². The quantitative estimate of drug-likeness (QED) is 0.751. The van der Waals surface area contributed by atoms with Crippen molar-refractivity contribution in [1.82, 2.24) is 5.32 Å². The second-order valence-corrected chi connectivity index (χ2v) is 5.64. The Morgan fingerprint density at radius 3 is 2.60 bits per heavy atom. The first kappa shape index (κ1) is 11.4. The highest BCUT2D eigenvalue weighted by atomic mass is 16.3. The largest absolute Gasteiger partial charge is 0.393 e. The number of rotatable bonds is 3. The maximum absolute atomic E-state index is 9.73. The van der Waals surface area contributed by atoms with E-state index < -0.39 is 0 Å². The molecule has 2 aliphatic carbocycles. The van der Waals surface area contributed by atoms with Gasteiger partial charge in [-0.1, -0.05) is 26.2 Å². The summed E-state index contributed by atoms with van der Waals surface area (Å²) >= 11 is 0. The molecule has 2 nitrogen and oxygen atoms in total. The van der Waals surface area contributed by atoms with Gasteiger partial charge in [-0.05, 0) is 37.5 Å². The number of hydrogen-bond acceptors (Lipinski definition) is 2. The van der Waals surface area contributed by atoms with Gasteiger partial charge >= 0.3 is 0 Å². The standard InChI is InChI=1S/C13H25NO/c1-10-4-2-6-12(8-10)14-9-11-5-3-7-13(11)15/h10-15H,2-9H2,1H3. The van der Waals surface area contributed by atoms with Gasteiger partial charge in [0.15, 0.2) is 0 Å². The number of hydrogen-bond donors (Lipinski definition) is 2. The molecule has 0 aromatic carbocycles. The Morgan fingerprint density at radius 2 is 1.93 bits per heavy atom. The molecule has 2 aliphatic rings. The Kier molecular flexibility index (Phi) is 4.04. The minimum atomic E-state index is -0.0292. The monoisotopic (exact) mass is 211 g/mol. The molecular weight excluding hydrogens is 186 g/mol. The molecular formula is C13H25NO. The van der Waals surface area contributed by atoms with E-state index in [4.69, 9.17) is 0 Å². The summed E-state index contributed by atoms with van der Waals surface area (Å²) in [5.74, 6) is 1.42. The normalized spacial score (nSPS) is 42.0. The first-order chi connectivity index (χ1) is 7.25. The third kappa shape index (κ3) is 3.18. The predicted molar refractivity (Wildman–Crippen MR) is 62.8 cm³/mol. The fraction of sp³-hybridized carbons (Fsp3) is 1.00. The van der Waals surface area contributed by atoms with Crippen LogP contribution in [0.1, 0.15) is 51.9 Å². The molecule has 2 fully saturated rings. The Morgan fingerprint density at radius 1 is 1.13 bits per heavy atom. The molecule has 2 saturated carbocycles. The molecule has 2 rings (SSSR count). The van der Waals surface area contributed by atoms with Gasteiger partial charge in [-0.3, -0.25) is 0 Å². The fourth-order valence-corrected chi connectivity index (χ4v) is 3.19. The van der Waals surface area contributed by atoms with Crippen molar-refractivity contribution in [2.75, 3.05) is 6.54 Å². The lowest BCUT2D eigenvalue weighted by Gasteiger charge is -2.29. The van der Waals surface area contributed by atoms with Crippen LogP contribution in [0, 0.1) is 11.8 Å². The molecule has 0 saturated heterocycles. The second kappa shape index (κ2) is 5.31. The molecule has 88 valence electrons. The van der Waals surface area contributed by atoms with Crippen molar-refractivity contribution in [2.45, 2.75) is 64.0 Å². The fourth-order valence-electron chi connectivity index (χ4n) is 3.19. The van der Waals surface area contributed by atoms with Gasteiger partial charge in [0.2, 0.25) is 0 Å². The van der Waals surface area contributed by atoms with Crippen LogP contribution in [0.3, 0.4) is 0 Å². The van der Waals surface area contributed by atoms with Gasteiger partial charge in [-0.25, -0.2) is 0 Å². The smallest absolute Gasteiger partial charge is 0.0580 e. The highest BCUT2D eigenvalue weighted by molar-refractivity contribution is 4.82. The molecule has 0 heterocycles. The summed E-state index contributed by atoms with van der Waals surface area (Å²) in [6.07, 6.45) is 8.89. The molecule has 4 unspecified atom stereocenters. The first-order valence-corrected chi connectivity index (χ1v) is 6.67. The zero-order valence-corrected chi connectivity index (χ0v) is 9.91. The molecule has 0 aromatic heterocycles.